The predicted molar refractivity (Wildman–Crippen MR) is 24.6 cm³/mol. The van der Waals surface area contributed by atoms with E-state index in [0.29, 0.717) is 0 Å². The van der Waals surface area contributed by atoms with Crippen LogP contribution in [0, 0.1) is 0 Å². The third-order valence-electron chi connectivity index (χ3n) is 0.630. The van der Waals surface area contributed by atoms with Crippen LogP contribution < -0.4 is 10.5 Å². The summed E-state index contributed by atoms with van der Waals surface area (Å²) in [5.74, 6) is 5.21. The molecule has 0 unspecified atom stereocenters. The van der Waals surface area contributed by atoms with Gasteiger partial charge in [0.15, 0.2) is 0 Å². The minimum atomic E-state index is 1.39. The Morgan fingerprint density at radius 3 is 2.71 bits per heavy atom. The normalized spacial score (nSPS) is 8.57. The molecule has 0 aliphatic carbocycles. The van der Waals surface area contributed by atoms with Gasteiger partial charge < -0.3 is 0 Å². The highest BCUT2D eigenvalue weighted by Crippen LogP contribution is 1.62. The number of nitrogen functional groups attached to an aromatic ring is 1. The van der Waals surface area contributed by atoms with Gasteiger partial charge in [-0.2, -0.15) is 0 Å². The van der Waals surface area contributed by atoms with Crippen molar-refractivity contribution in [3.05, 3.63) is 24.8 Å². The van der Waals surface area contributed by atoms with E-state index in [9.17, 15) is 0 Å². The second-order valence-electron chi connectivity index (χ2n) is 1.20. The summed E-state index contributed by atoms with van der Waals surface area (Å²) in [4.78, 5) is 3.72. The fraction of sp³-hybridized carbons (Fsp3) is 0. The maximum atomic E-state index is 5.21. The third-order valence-corrected chi connectivity index (χ3v) is 0.630. The molecule has 0 fully saturated rings. The molecule has 1 rings (SSSR count). The zero-order chi connectivity index (χ0) is 5.11. The van der Waals surface area contributed by atoms with Crippen molar-refractivity contribution in [3.8, 4) is 0 Å². The summed E-state index contributed by atoms with van der Waals surface area (Å²) in [6.07, 6.45) is 4.91. The molecular formula is C4H6N3+. The van der Waals surface area contributed by atoms with Crippen molar-refractivity contribution in [2.24, 2.45) is 0 Å². The number of hydrogen-bond acceptors (Lipinski definition) is 2. The lowest BCUT2D eigenvalue weighted by Gasteiger charge is -1.78. The number of aromatic nitrogens is 2. The topological polar surface area (TPSA) is 42.8 Å². The van der Waals surface area contributed by atoms with Crippen molar-refractivity contribution in [2.75, 3.05) is 5.84 Å². The molecule has 0 amide bonds. The lowest BCUT2D eigenvalue weighted by molar-refractivity contribution is -0.642. The first kappa shape index (κ1) is 4.05. The van der Waals surface area contributed by atoms with E-state index in [4.69, 9.17) is 5.84 Å². The van der Waals surface area contributed by atoms with Crippen LogP contribution in [-0.4, -0.2) is 4.98 Å². The van der Waals surface area contributed by atoms with E-state index in [0.717, 1.165) is 0 Å². The Balaban J connectivity index is 3.02. The number of nitrogens with zero attached hydrogens (tertiary/aromatic N) is 2. The largest absolute Gasteiger partial charge is 0.308 e. The summed E-state index contributed by atoms with van der Waals surface area (Å²) in [5, 5.41) is 0. The Labute approximate surface area is 41.4 Å². The van der Waals surface area contributed by atoms with Gasteiger partial charge in [0, 0.05) is 6.07 Å². The Morgan fingerprint density at radius 1 is 1.57 bits per heavy atom. The lowest BCUT2D eigenvalue weighted by atomic mass is 10.7. The van der Waals surface area contributed by atoms with Crippen LogP contribution in [0.1, 0.15) is 0 Å². The van der Waals surface area contributed by atoms with Crippen LogP contribution in [-0.2, 0) is 0 Å². The first-order chi connectivity index (χ1) is 3.39. The fourth-order valence-electron chi connectivity index (χ4n) is 0.342. The Morgan fingerprint density at radius 2 is 2.43 bits per heavy atom. The first-order valence-corrected chi connectivity index (χ1v) is 1.96. The quantitative estimate of drug-likeness (QED) is 0.335. The maximum absolute atomic E-state index is 5.21. The zero-order valence-corrected chi connectivity index (χ0v) is 3.78. The summed E-state index contributed by atoms with van der Waals surface area (Å²) in [6.45, 7) is 0. The van der Waals surface area contributed by atoms with E-state index < -0.39 is 0 Å². The molecule has 3 heteroatoms. The zero-order valence-electron chi connectivity index (χ0n) is 3.78. The number of hydrogen-bond donors (Lipinski definition) is 1. The molecule has 0 spiro atoms. The van der Waals surface area contributed by atoms with Crippen molar-refractivity contribution < 1.29 is 4.68 Å². The molecule has 0 saturated heterocycles. The van der Waals surface area contributed by atoms with Crippen LogP contribution in [0.3, 0.4) is 0 Å². The third kappa shape index (κ3) is 0.855. The van der Waals surface area contributed by atoms with Gasteiger partial charge in [0.2, 0.25) is 0 Å². The van der Waals surface area contributed by atoms with Gasteiger partial charge in [-0.05, 0) is 0 Å². The molecule has 1 aromatic heterocycles. The molecule has 2 N–H and O–H groups in total. The number of nitrogens with two attached hydrogens (primary N) is 1. The van der Waals surface area contributed by atoms with Crippen molar-refractivity contribution in [2.45, 2.75) is 0 Å². The van der Waals surface area contributed by atoms with Crippen LogP contribution in [0.2, 0.25) is 0 Å². The van der Waals surface area contributed by atoms with E-state index in [1.54, 1.807) is 18.5 Å². The second-order valence-corrected chi connectivity index (χ2v) is 1.20. The predicted octanol–water partition coefficient (Wildman–Crippen LogP) is -0.917. The van der Waals surface area contributed by atoms with Gasteiger partial charge in [0.1, 0.15) is 12.4 Å². The monoisotopic (exact) mass is 96.1 g/mol. The van der Waals surface area contributed by atoms with E-state index in [1.165, 1.54) is 11.0 Å². The van der Waals surface area contributed by atoms with Gasteiger partial charge in [0.25, 0.3) is 0 Å². The van der Waals surface area contributed by atoms with Gasteiger partial charge in [-0.25, -0.2) is 0 Å². The minimum absolute atomic E-state index is 1.39. The fourth-order valence-corrected chi connectivity index (χ4v) is 0.342. The molecule has 7 heavy (non-hydrogen) atoms. The first-order valence-electron chi connectivity index (χ1n) is 1.96. The average Bonchev–Trinajstić information content (AvgIpc) is 1.69. The van der Waals surface area contributed by atoms with Gasteiger partial charge >= 0.3 is 6.33 Å². The van der Waals surface area contributed by atoms with Crippen LogP contribution in [0.5, 0.6) is 0 Å². The van der Waals surface area contributed by atoms with Crippen molar-refractivity contribution >= 4 is 0 Å². The molecule has 0 aliphatic heterocycles. The molecule has 0 radical (unpaired) electrons. The highest BCUT2D eigenvalue weighted by atomic mass is 15.3. The lowest BCUT2D eigenvalue weighted by Crippen LogP contribution is -2.43. The Bertz CT molecular complexity index is 137. The van der Waals surface area contributed by atoms with Gasteiger partial charge in [-0.15, -0.1) is 4.68 Å². The molecule has 0 saturated carbocycles. The van der Waals surface area contributed by atoms with Crippen LogP contribution in [0.15, 0.2) is 24.8 Å². The molecule has 0 aromatic carbocycles. The van der Waals surface area contributed by atoms with Gasteiger partial charge in [-0.3, -0.25) is 5.84 Å². The molecule has 3 nitrogen and oxygen atoms in total. The van der Waals surface area contributed by atoms with Crippen LogP contribution >= 0.6 is 0 Å². The summed E-state index contributed by atoms with van der Waals surface area (Å²) in [5.41, 5.74) is 0. The molecule has 1 heterocycles. The average molecular weight is 96.1 g/mol. The van der Waals surface area contributed by atoms with Crippen LogP contribution in [0.25, 0.3) is 0 Å². The van der Waals surface area contributed by atoms with Crippen molar-refractivity contribution in [1.29, 1.82) is 0 Å². The standard InChI is InChI=1S/C4H6N3/c5-7-3-1-2-6-4-7/h1-4H,5H2/q+1. The van der Waals surface area contributed by atoms with Crippen LogP contribution in [0.4, 0.5) is 0 Å². The van der Waals surface area contributed by atoms with E-state index in [2.05, 4.69) is 4.98 Å². The molecular weight excluding hydrogens is 90.1 g/mol. The summed E-state index contributed by atoms with van der Waals surface area (Å²) in [6, 6.07) is 1.76. The maximum Gasteiger partial charge on any atom is 0.308 e. The summed E-state index contributed by atoms with van der Waals surface area (Å²) >= 11 is 0. The molecule has 1 aromatic rings. The van der Waals surface area contributed by atoms with Gasteiger partial charge in [0.05, 0.1) is 0 Å². The van der Waals surface area contributed by atoms with E-state index in [1.807, 2.05) is 0 Å². The molecule has 0 atom stereocenters. The van der Waals surface area contributed by atoms with E-state index >= 15 is 0 Å². The Kier molecular flexibility index (Phi) is 0.898. The smallest absolute Gasteiger partial charge is 0.269 e. The number of rotatable bonds is 0. The molecule has 0 aliphatic rings. The molecule has 0 bridgehead atoms. The Hall–Kier alpha value is -1.12. The summed E-state index contributed by atoms with van der Waals surface area (Å²) < 4.78 is 1.39. The highest BCUT2D eigenvalue weighted by Gasteiger charge is 1.80. The molecule has 36 valence electrons. The van der Waals surface area contributed by atoms with Gasteiger partial charge in [-0.1, -0.05) is 4.98 Å². The summed E-state index contributed by atoms with van der Waals surface area (Å²) in [7, 11) is 0. The minimum Gasteiger partial charge on any atom is -0.269 e. The van der Waals surface area contributed by atoms with E-state index in [-0.39, 0.29) is 0 Å². The van der Waals surface area contributed by atoms with Crippen molar-refractivity contribution in [3.63, 3.8) is 0 Å². The van der Waals surface area contributed by atoms with Crippen molar-refractivity contribution in [1.82, 2.24) is 4.98 Å². The highest BCUT2D eigenvalue weighted by molar-refractivity contribution is 4.68. The second kappa shape index (κ2) is 1.55. The SMILES string of the molecule is N[n+]1cccnc1.